The normalized spacial score (nSPS) is 18.2. The van der Waals surface area contributed by atoms with E-state index in [-0.39, 0.29) is 33.5 Å². The van der Waals surface area contributed by atoms with Gasteiger partial charge in [0, 0.05) is 59.6 Å². The zero-order chi connectivity index (χ0) is 24.9. The van der Waals surface area contributed by atoms with Crippen LogP contribution in [0.3, 0.4) is 0 Å². The molecule has 3 aromatic rings. The first-order valence-corrected chi connectivity index (χ1v) is 12.0. The Labute approximate surface area is 207 Å². The first-order chi connectivity index (χ1) is 16.7. The molecule has 1 atom stereocenters. The second kappa shape index (κ2) is 8.81. The molecule has 182 valence electrons. The van der Waals surface area contributed by atoms with Gasteiger partial charge in [0.1, 0.15) is 17.4 Å². The average molecular weight is 498 g/mol. The van der Waals surface area contributed by atoms with Crippen molar-refractivity contribution in [1.29, 1.82) is 0 Å². The fourth-order valence-electron chi connectivity index (χ4n) is 5.03. The van der Waals surface area contributed by atoms with E-state index in [4.69, 9.17) is 22.1 Å². The molecular weight excluding hydrogens is 472 g/mol. The fourth-order valence-corrected chi connectivity index (χ4v) is 5.29. The van der Waals surface area contributed by atoms with Gasteiger partial charge in [-0.1, -0.05) is 55.8 Å². The standard InChI is InChI=1S/C27H26ClF2N3O2/c1-14(2)33-13-27(15-6-4-3-5-7-15)12-18-21(35-27)11-19(29)24(28)22(18)23-17(26(31)34)10-20-16(25(23)30)8-9-32-20/h3-7,10-11,14,32-33H,8-9,12-13H2,1-2H3,(H2,31,34)/t27-/m1/s1. The zero-order valence-electron chi connectivity index (χ0n) is 19.5. The Bertz CT molecular complexity index is 1330. The largest absolute Gasteiger partial charge is 0.480 e. The first-order valence-electron chi connectivity index (χ1n) is 11.6. The van der Waals surface area contributed by atoms with E-state index < -0.39 is 23.1 Å². The summed E-state index contributed by atoms with van der Waals surface area (Å²) in [6.07, 6.45) is 0.736. The van der Waals surface area contributed by atoms with Gasteiger partial charge in [-0.15, -0.1) is 0 Å². The Morgan fingerprint density at radius 2 is 1.94 bits per heavy atom. The Morgan fingerprint density at radius 1 is 1.20 bits per heavy atom. The van der Waals surface area contributed by atoms with Crippen molar-refractivity contribution in [1.82, 2.24) is 5.32 Å². The minimum atomic E-state index is -0.874. The summed E-state index contributed by atoms with van der Waals surface area (Å²) in [5.41, 5.74) is 7.14. The smallest absolute Gasteiger partial charge is 0.249 e. The van der Waals surface area contributed by atoms with Crippen LogP contribution in [0, 0.1) is 11.6 Å². The molecule has 5 rings (SSSR count). The van der Waals surface area contributed by atoms with Crippen LogP contribution in [-0.2, 0) is 18.4 Å². The summed E-state index contributed by atoms with van der Waals surface area (Å²) >= 11 is 6.50. The number of carbonyl (C=O) groups is 1. The number of hydrogen-bond acceptors (Lipinski definition) is 4. The molecule has 0 spiro atoms. The predicted molar refractivity (Wildman–Crippen MR) is 133 cm³/mol. The number of rotatable bonds is 6. The van der Waals surface area contributed by atoms with Gasteiger partial charge in [0.25, 0.3) is 0 Å². The molecular formula is C27H26ClF2N3O2. The Balaban J connectivity index is 1.74. The van der Waals surface area contributed by atoms with Gasteiger partial charge in [-0.3, -0.25) is 4.79 Å². The van der Waals surface area contributed by atoms with Crippen molar-refractivity contribution in [2.75, 3.05) is 18.4 Å². The van der Waals surface area contributed by atoms with Crippen LogP contribution >= 0.6 is 11.6 Å². The van der Waals surface area contributed by atoms with Crippen molar-refractivity contribution in [2.24, 2.45) is 5.73 Å². The van der Waals surface area contributed by atoms with E-state index in [1.165, 1.54) is 12.1 Å². The van der Waals surface area contributed by atoms with E-state index >= 15 is 8.78 Å². The number of fused-ring (bicyclic) bond motifs is 2. The molecule has 0 unspecified atom stereocenters. The number of anilines is 1. The molecule has 35 heavy (non-hydrogen) atoms. The van der Waals surface area contributed by atoms with Gasteiger partial charge < -0.3 is 21.1 Å². The van der Waals surface area contributed by atoms with Crippen LogP contribution in [0.25, 0.3) is 11.1 Å². The van der Waals surface area contributed by atoms with Crippen molar-refractivity contribution in [2.45, 2.75) is 38.3 Å². The molecule has 0 aromatic heterocycles. The van der Waals surface area contributed by atoms with Crippen LogP contribution < -0.4 is 21.1 Å². The van der Waals surface area contributed by atoms with Crippen LogP contribution in [0.1, 0.15) is 40.9 Å². The average Bonchev–Trinajstić information content (AvgIpc) is 3.45. The molecule has 0 radical (unpaired) electrons. The molecule has 0 aliphatic carbocycles. The molecule has 0 bridgehead atoms. The summed E-state index contributed by atoms with van der Waals surface area (Å²) in [7, 11) is 0. The highest BCUT2D eigenvalue weighted by atomic mass is 35.5. The monoisotopic (exact) mass is 497 g/mol. The maximum absolute atomic E-state index is 15.9. The third-order valence-corrected chi connectivity index (χ3v) is 7.09. The van der Waals surface area contributed by atoms with Crippen LogP contribution in [0.2, 0.25) is 5.02 Å². The van der Waals surface area contributed by atoms with E-state index in [2.05, 4.69) is 10.6 Å². The number of ether oxygens (including phenoxy) is 1. The number of hydrogen-bond donors (Lipinski definition) is 3. The van der Waals surface area contributed by atoms with E-state index in [0.29, 0.717) is 42.7 Å². The lowest BCUT2D eigenvalue weighted by Gasteiger charge is -2.31. The third kappa shape index (κ3) is 3.93. The Kier molecular flexibility index (Phi) is 5.93. The summed E-state index contributed by atoms with van der Waals surface area (Å²) in [4.78, 5) is 12.4. The zero-order valence-corrected chi connectivity index (χ0v) is 20.2. The second-order valence-electron chi connectivity index (χ2n) is 9.38. The molecule has 0 saturated heterocycles. The highest BCUT2D eigenvalue weighted by Crippen LogP contribution is 2.50. The highest BCUT2D eigenvalue weighted by Gasteiger charge is 2.44. The molecule has 8 heteroatoms. The van der Waals surface area contributed by atoms with Crippen molar-refractivity contribution in [3.63, 3.8) is 0 Å². The quantitative estimate of drug-likeness (QED) is 0.438. The molecule has 0 fully saturated rings. The van der Waals surface area contributed by atoms with Gasteiger partial charge >= 0.3 is 0 Å². The summed E-state index contributed by atoms with van der Waals surface area (Å²) in [5.74, 6) is -1.92. The van der Waals surface area contributed by atoms with Crippen LogP contribution in [-0.4, -0.2) is 25.0 Å². The maximum Gasteiger partial charge on any atom is 0.249 e. The van der Waals surface area contributed by atoms with E-state index in [0.717, 1.165) is 5.56 Å². The van der Waals surface area contributed by atoms with E-state index in [9.17, 15) is 4.79 Å². The number of nitrogens with two attached hydrogens (primary N) is 1. The second-order valence-corrected chi connectivity index (χ2v) is 9.76. The summed E-state index contributed by atoms with van der Waals surface area (Å²) in [5, 5.41) is 6.22. The van der Waals surface area contributed by atoms with Gasteiger partial charge in [-0.2, -0.15) is 0 Å². The number of halogens is 3. The van der Waals surface area contributed by atoms with Crippen LogP contribution in [0.5, 0.6) is 5.75 Å². The molecule has 5 nitrogen and oxygen atoms in total. The summed E-state index contributed by atoms with van der Waals surface area (Å²) < 4.78 is 37.5. The minimum absolute atomic E-state index is 0.0529. The van der Waals surface area contributed by atoms with Crippen LogP contribution in [0.15, 0.2) is 42.5 Å². The van der Waals surface area contributed by atoms with Crippen molar-refractivity contribution in [3.05, 3.63) is 81.4 Å². The van der Waals surface area contributed by atoms with Crippen molar-refractivity contribution >= 4 is 23.2 Å². The van der Waals surface area contributed by atoms with E-state index in [1.807, 2.05) is 44.2 Å². The Hall–Kier alpha value is -3.16. The first kappa shape index (κ1) is 23.6. The third-order valence-electron chi connectivity index (χ3n) is 6.72. The lowest BCUT2D eigenvalue weighted by Crippen LogP contribution is -2.44. The van der Waals surface area contributed by atoms with Gasteiger partial charge in [-0.05, 0) is 18.1 Å². The topological polar surface area (TPSA) is 76.4 Å². The molecule has 2 heterocycles. The number of carbonyl (C=O) groups excluding carboxylic acids is 1. The molecule has 2 aliphatic rings. The SMILES string of the molecule is CC(C)NC[C@@]1(c2ccccc2)Cc2c(cc(F)c(Cl)c2-c2c(C(N)=O)cc3c(c2F)CCN3)O1. The predicted octanol–water partition coefficient (Wildman–Crippen LogP) is 5.18. The van der Waals surface area contributed by atoms with Crippen LogP contribution in [0.4, 0.5) is 14.5 Å². The number of benzene rings is 3. The van der Waals surface area contributed by atoms with Gasteiger partial charge in [-0.25, -0.2) is 8.78 Å². The molecule has 1 amide bonds. The van der Waals surface area contributed by atoms with Crippen molar-refractivity contribution < 1.29 is 18.3 Å². The molecule has 3 aromatic carbocycles. The van der Waals surface area contributed by atoms with Gasteiger partial charge in [0.05, 0.1) is 10.6 Å². The molecule has 0 saturated carbocycles. The maximum atomic E-state index is 15.9. The lowest BCUT2D eigenvalue weighted by molar-refractivity contribution is 0.0891. The Morgan fingerprint density at radius 3 is 2.63 bits per heavy atom. The van der Waals surface area contributed by atoms with Gasteiger partial charge in [0.2, 0.25) is 5.91 Å². The van der Waals surface area contributed by atoms with Crippen molar-refractivity contribution in [3.8, 4) is 16.9 Å². The number of amides is 1. The molecule has 4 N–H and O–H groups in total. The van der Waals surface area contributed by atoms with E-state index in [1.54, 1.807) is 0 Å². The van der Waals surface area contributed by atoms with Gasteiger partial charge in [0.15, 0.2) is 5.60 Å². The number of nitrogens with one attached hydrogen (secondary N) is 2. The minimum Gasteiger partial charge on any atom is -0.480 e. The highest BCUT2D eigenvalue weighted by molar-refractivity contribution is 6.34. The summed E-state index contributed by atoms with van der Waals surface area (Å²) in [6.45, 7) is 5.01. The lowest BCUT2D eigenvalue weighted by atomic mass is 9.84. The molecule has 2 aliphatic heterocycles. The fraction of sp³-hybridized carbons (Fsp3) is 0.296. The summed E-state index contributed by atoms with van der Waals surface area (Å²) in [6, 6.07) is 12.5. The number of primary amides is 1.